The maximum Gasteiger partial charge on any atom is 0.138 e. The highest BCUT2D eigenvalue weighted by atomic mass is 127. The van der Waals surface area contributed by atoms with E-state index in [1.807, 2.05) is 22.6 Å². The number of aryl methyl sites for hydroxylation is 2. The number of hydrogen-bond acceptors (Lipinski definition) is 2. The monoisotopic (exact) mass is 434 g/mol. The van der Waals surface area contributed by atoms with Gasteiger partial charge in [-0.2, -0.15) is 11.3 Å². The first-order valence-electron chi connectivity index (χ1n) is 6.52. The van der Waals surface area contributed by atoms with E-state index >= 15 is 0 Å². The van der Waals surface area contributed by atoms with Gasteiger partial charge in [0.2, 0.25) is 0 Å². The lowest BCUT2D eigenvalue weighted by atomic mass is 10.2. The van der Waals surface area contributed by atoms with Crippen molar-refractivity contribution in [3.8, 4) is 0 Å². The Morgan fingerprint density at radius 3 is 2.86 bits per heavy atom. The van der Waals surface area contributed by atoms with Crippen LogP contribution in [-0.2, 0) is 13.0 Å². The fourth-order valence-electron chi connectivity index (χ4n) is 2.34. The maximum absolute atomic E-state index is 13.9. The van der Waals surface area contributed by atoms with Crippen LogP contribution in [0.2, 0.25) is 0 Å². The molecule has 0 N–H and O–H groups in total. The van der Waals surface area contributed by atoms with Crippen molar-refractivity contribution in [2.24, 2.45) is 0 Å². The van der Waals surface area contributed by atoms with Crippen LogP contribution in [0.3, 0.4) is 0 Å². The van der Waals surface area contributed by atoms with E-state index in [9.17, 15) is 4.39 Å². The lowest BCUT2D eigenvalue weighted by Gasteiger charge is -2.08. The first-order chi connectivity index (χ1) is 10.1. The molecule has 0 fully saturated rings. The maximum atomic E-state index is 13.9. The summed E-state index contributed by atoms with van der Waals surface area (Å²) in [6.45, 7) is 2.80. The van der Waals surface area contributed by atoms with Crippen LogP contribution in [0.5, 0.6) is 0 Å². The second kappa shape index (κ2) is 6.22. The van der Waals surface area contributed by atoms with Crippen LogP contribution in [0, 0.1) is 16.3 Å². The van der Waals surface area contributed by atoms with Crippen LogP contribution in [0.4, 0.5) is 4.39 Å². The van der Waals surface area contributed by atoms with E-state index in [1.165, 1.54) is 11.1 Å². The Morgan fingerprint density at radius 2 is 2.19 bits per heavy atom. The predicted molar refractivity (Wildman–Crippen MR) is 95.0 cm³/mol. The molecule has 3 aromatic rings. The lowest BCUT2D eigenvalue weighted by molar-refractivity contribution is 0.621. The minimum atomic E-state index is -0.205. The third kappa shape index (κ3) is 2.96. The number of benzene rings is 1. The second-order valence-electron chi connectivity index (χ2n) is 4.89. The van der Waals surface area contributed by atoms with Gasteiger partial charge in [-0.3, -0.25) is 0 Å². The summed E-state index contributed by atoms with van der Waals surface area (Å²) in [5.41, 5.74) is 4.16. The molecule has 3 rings (SSSR count). The van der Waals surface area contributed by atoms with Gasteiger partial charge in [0.05, 0.1) is 21.1 Å². The van der Waals surface area contributed by atoms with Gasteiger partial charge in [0.15, 0.2) is 0 Å². The SMILES string of the molecule is Cc1cscc1Cn1c(CCCl)nc2cc(I)c(F)cc21. The van der Waals surface area contributed by atoms with Gasteiger partial charge in [0.25, 0.3) is 0 Å². The summed E-state index contributed by atoms with van der Waals surface area (Å²) in [4.78, 5) is 4.63. The summed E-state index contributed by atoms with van der Waals surface area (Å²) in [7, 11) is 0. The van der Waals surface area contributed by atoms with Crippen LogP contribution in [0.1, 0.15) is 17.0 Å². The third-order valence-electron chi connectivity index (χ3n) is 3.48. The molecule has 0 radical (unpaired) electrons. The quantitative estimate of drug-likeness (QED) is 0.418. The third-order valence-corrected chi connectivity index (χ3v) is 5.40. The molecule has 21 heavy (non-hydrogen) atoms. The summed E-state index contributed by atoms with van der Waals surface area (Å²) >= 11 is 9.56. The molecule has 0 bridgehead atoms. The number of aromatic nitrogens is 2. The van der Waals surface area contributed by atoms with Crippen molar-refractivity contribution in [3.63, 3.8) is 0 Å². The van der Waals surface area contributed by atoms with Gasteiger partial charge >= 0.3 is 0 Å². The molecule has 0 saturated carbocycles. The molecule has 0 spiro atoms. The van der Waals surface area contributed by atoms with Crippen LogP contribution in [0.25, 0.3) is 11.0 Å². The summed E-state index contributed by atoms with van der Waals surface area (Å²) < 4.78 is 16.6. The van der Waals surface area contributed by atoms with Crippen molar-refractivity contribution in [2.75, 3.05) is 5.88 Å². The van der Waals surface area contributed by atoms with E-state index in [-0.39, 0.29) is 5.82 Å². The summed E-state index contributed by atoms with van der Waals surface area (Å²) in [5, 5.41) is 4.26. The van der Waals surface area contributed by atoms with Crippen molar-refractivity contribution in [1.82, 2.24) is 9.55 Å². The molecule has 0 saturated heterocycles. The number of thiophene rings is 1. The van der Waals surface area contributed by atoms with Crippen molar-refractivity contribution >= 4 is 56.6 Å². The average Bonchev–Trinajstić information content (AvgIpc) is 2.98. The van der Waals surface area contributed by atoms with Gasteiger partial charge in [-0.05, 0) is 57.5 Å². The van der Waals surface area contributed by atoms with E-state index in [2.05, 4.69) is 27.2 Å². The predicted octanol–water partition coefficient (Wildman–Crippen LogP) is 4.98. The number of nitrogens with zero attached hydrogens (tertiary/aromatic N) is 2. The smallest absolute Gasteiger partial charge is 0.138 e. The average molecular weight is 435 g/mol. The lowest BCUT2D eigenvalue weighted by Crippen LogP contribution is -2.06. The van der Waals surface area contributed by atoms with Crippen molar-refractivity contribution in [3.05, 3.63) is 49.2 Å². The number of halogens is 3. The molecule has 0 atom stereocenters. The minimum absolute atomic E-state index is 0.205. The molecular weight excluding hydrogens is 422 g/mol. The van der Waals surface area contributed by atoms with E-state index in [0.29, 0.717) is 22.4 Å². The number of rotatable bonds is 4. The normalized spacial score (nSPS) is 11.4. The molecular formula is C15H13ClFIN2S. The number of fused-ring (bicyclic) bond motifs is 1. The fourth-order valence-corrected chi connectivity index (χ4v) is 3.81. The standard InChI is InChI=1S/C15H13ClFIN2S/c1-9-7-21-8-10(9)6-20-14-4-11(17)12(18)5-13(14)19-15(20)2-3-16/h4-5,7-8H,2-3,6H2,1H3. The van der Waals surface area contributed by atoms with Gasteiger partial charge in [-0.15, -0.1) is 11.6 Å². The van der Waals surface area contributed by atoms with Gasteiger partial charge in [-0.1, -0.05) is 0 Å². The van der Waals surface area contributed by atoms with E-state index in [0.717, 1.165) is 16.9 Å². The van der Waals surface area contributed by atoms with Crippen LogP contribution >= 0.6 is 45.5 Å². The molecule has 2 aromatic heterocycles. The molecule has 6 heteroatoms. The number of hydrogen-bond donors (Lipinski definition) is 0. The highest BCUT2D eigenvalue weighted by Gasteiger charge is 2.14. The molecule has 0 aliphatic carbocycles. The zero-order chi connectivity index (χ0) is 15.0. The molecule has 2 heterocycles. The molecule has 0 unspecified atom stereocenters. The number of imidazole rings is 1. The first-order valence-corrected chi connectivity index (χ1v) is 9.07. The van der Waals surface area contributed by atoms with Crippen LogP contribution in [-0.4, -0.2) is 15.4 Å². The minimum Gasteiger partial charge on any atom is -0.323 e. The van der Waals surface area contributed by atoms with Crippen LogP contribution < -0.4 is 0 Å². The fraction of sp³-hybridized carbons (Fsp3) is 0.267. The second-order valence-corrected chi connectivity index (χ2v) is 7.17. The van der Waals surface area contributed by atoms with E-state index < -0.39 is 0 Å². The van der Waals surface area contributed by atoms with Gasteiger partial charge in [0, 0.05) is 18.4 Å². The topological polar surface area (TPSA) is 17.8 Å². The van der Waals surface area contributed by atoms with E-state index in [4.69, 9.17) is 11.6 Å². The highest BCUT2D eigenvalue weighted by molar-refractivity contribution is 14.1. The van der Waals surface area contributed by atoms with Crippen molar-refractivity contribution < 1.29 is 4.39 Å². The Morgan fingerprint density at radius 1 is 1.38 bits per heavy atom. The molecule has 110 valence electrons. The summed E-state index contributed by atoms with van der Waals surface area (Å²) in [6.07, 6.45) is 0.678. The molecule has 0 aliphatic heterocycles. The largest absolute Gasteiger partial charge is 0.323 e. The van der Waals surface area contributed by atoms with E-state index in [1.54, 1.807) is 23.5 Å². The Labute approximate surface area is 145 Å². The Bertz CT molecular complexity index is 796. The highest BCUT2D eigenvalue weighted by Crippen LogP contribution is 2.25. The molecule has 0 aliphatic rings. The summed E-state index contributed by atoms with van der Waals surface area (Å²) in [5.74, 6) is 1.21. The molecule has 2 nitrogen and oxygen atoms in total. The van der Waals surface area contributed by atoms with Crippen LogP contribution in [0.15, 0.2) is 22.9 Å². The summed E-state index contributed by atoms with van der Waals surface area (Å²) in [6, 6.07) is 3.36. The molecule has 1 aromatic carbocycles. The zero-order valence-electron chi connectivity index (χ0n) is 11.4. The first kappa shape index (κ1) is 15.2. The van der Waals surface area contributed by atoms with Crippen molar-refractivity contribution in [1.29, 1.82) is 0 Å². The number of alkyl halides is 1. The molecule has 0 amide bonds. The van der Waals surface area contributed by atoms with Gasteiger partial charge in [0.1, 0.15) is 11.6 Å². The Hall–Kier alpha value is -0.660. The zero-order valence-corrected chi connectivity index (χ0v) is 15.1. The van der Waals surface area contributed by atoms with Gasteiger partial charge in [-0.25, -0.2) is 9.37 Å². The Balaban J connectivity index is 2.15. The van der Waals surface area contributed by atoms with Gasteiger partial charge < -0.3 is 4.57 Å². The Kier molecular flexibility index (Phi) is 4.51. The van der Waals surface area contributed by atoms with Crippen molar-refractivity contribution in [2.45, 2.75) is 19.9 Å².